The first kappa shape index (κ1) is 12.8. The highest BCUT2D eigenvalue weighted by atomic mass is 32.2. The summed E-state index contributed by atoms with van der Waals surface area (Å²) < 4.78 is 24.6. The van der Waals surface area contributed by atoms with E-state index >= 15 is 0 Å². The molecule has 94 valence electrons. The molecule has 0 aliphatic heterocycles. The minimum absolute atomic E-state index is 0.254. The average Bonchev–Trinajstić information content (AvgIpc) is 2.39. The lowest BCUT2D eigenvalue weighted by atomic mass is 10.2. The second-order valence-corrected chi connectivity index (χ2v) is 6.26. The predicted molar refractivity (Wildman–Crippen MR) is 71.7 cm³/mol. The van der Waals surface area contributed by atoms with Crippen LogP contribution in [0.2, 0.25) is 0 Å². The molecule has 18 heavy (non-hydrogen) atoms. The summed E-state index contributed by atoms with van der Waals surface area (Å²) in [7, 11) is -3.53. The van der Waals surface area contributed by atoms with Gasteiger partial charge in [-0.2, -0.15) is 0 Å². The van der Waals surface area contributed by atoms with E-state index in [9.17, 15) is 8.42 Å². The van der Waals surface area contributed by atoms with E-state index in [2.05, 4.69) is 0 Å². The van der Waals surface area contributed by atoms with Crippen LogP contribution in [0.3, 0.4) is 0 Å². The summed E-state index contributed by atoms with van der Waals surface area (Å²) in [5.41, 5.74) is 7.47. The standard InChI is InChI=1S/C14H15NO2S/c1-11-7-9-13(10-8-11)18(16,17)14(15)12-5-3-2-4-6-12/h2-10,14H,15H2,1H3. The zero-order valence-electron chi connectivity index (χ0n) is 10.1. The molecule has 0 radical (unpaired) electrons. The summed E-state index contributed by atoms with van der Waals surface area (Å²) in [6.45, 7) is 1.91. The van der Waals surface area contributed by atoms with Gasteiger partial charge >= 0.3 is 0 Å². The number of aryl methyl sites for hydroxylation is 1. The smallest absolute Gasteiger partial charge is 0.198 e. The van der Waals surface area contributed by atoms with E-state index in [0.717, 1.165) is 5.56 Å². The van der Waals surface area contributed by atoms with Crippen molar-refractivity contribution in [3.8, 4) is 0 Å². The Labute approximate surface area is 107 Å². The van der Waals surface area contributed by atoms with Crippen LogP contribution in [0.25, 0.3) is 0 Å². The Morgan fingerprint density at radius 2 is 1.50 bits per heavy atom. The van der Waals surface area contributed by atoms with Crippen molar-refractivity contribution in [1.82, 2.24) is 0 Å². The van der Waals surface area contributed by atoms with Crippen LogP contribution < -0.4 is 5.73 Å². The molecule has 1 atom stereocenters. The van der Waals surface area contributed by atoms with Crippen molar-refractivity contribution in [3.05, 3.63) is 65.7 Å². The molecule has 0 heterocycles. The fourth-order valence-corrected chi connectivity index (χ4v) is 3.02. The third kappa shape index (κ3) is 2.44. The first-order chi connectivity index (χ1) is 8.51. The maximum absolute atomic E-state index is 12.3. The first-order valence-corrected chi connectivity index (χ1v) is 7.17. The van der Waals surface area contributed by atoms with Gasteiger partial charge in [-0.3, -0.25) is 0 Å². The monoisotopic (exact) mass is 261 g/mol. The summed E-state index contributed by atoms with van der Waals surface area (Å²) in [6, 6.07) is 15.5. The molecule has 0 spiro atoms. The van der Waals surface area contributed by atoms with Crippen LogP contribution in [0.5, 0.6) is 0 Å². The maximum atomic E-state index is 12.3. The molecule has 0 saturated carbocycles. The van der Waals surface area contributed by atoms with Crippen molar-refractivity contribution in [2.24, 2.45) is 5.73 Å². The van der Waals surface area contributed by atoms with Gasteiger partial charge in [-0.1, -0.05) is 48.0 Å². The Morgan fingerprint density at radius 3 is 2.06 bits per heavy atom. The van der Waals surface area contributed by atoms with Crippen molar-refractivity contribution < 1.29 is 8.42 Å². The molecule has 0 aromatic heterocycles. The molecular weight excluding hydrogens is 246 g/mol. The topological polar surface area (TPSA) is 60.2 Å². The normalized spacial score (nSPS) is 13.2. The number of rotatable bonds is 3. The van der Waals surface area contributed by atoms with Gasteiger partial charge in [0.05, 0.1) is 4.90 Å². The van der Waals surface area contributed by atoms with Crippen LogP contribution >= 0.6 is 0 Å². The number of sulfone groups is 1. The third-order valence-corrected chi connectivity index (χ3v) is 4.68. The zero-order chi connectivity index (χ0) is 13.2. The van der Waals surface area contributed by atoms with E-state index in [4.69, 9.17) is 5.73 Å². The van der Waals surface area contributed by atoms with E-state index < -0.39 is 15.2 Å². The van der Waals surface area contributed by atoms with Crippen LogP contribution in [0.1, 0.15) is 16.5 Å². The Balaban J connectivity index is 2.40. The quantitative estimate of drug-likeness (QED) is 0.923. The Hall–Kier alpha value is -1.65. The fourth-order valence-electron chi connectivity index (χ4n) is 1.70. The first-order valence-electron chi connectivity index (χ1n) is 5.63. The second-order valence-electron chi connectivity index (χ2n) is 4.19. The van der Waals surface area contributed by atoms with Gasteiger partial charge in [0.2, 0.25) is 0 Å². The van der Waals surface area contributed by atoms with E-state index in [1.54, 1.807) is 48.5 Å². The van der Waals surface area contributed by atoms with Crippen LogP contribution in [0.4, 0.5) is 0 Å². The van der Waals surface area contributed by atoms with Gasteiger partial charge in [0, 0.05) is 0 Å². The molecule has 0 bridgehead atoms. The number of hydrogen-bond donors (Lipinski definition) is 1. The Morgan fingerprint density at radius 1 is 0.944 bits per heavy atom. The Bertz CT molecular complexity index is 619. The average molecular weight is 261 g/mol. The summed E-state index contributed by atoms with van der Waals surface area (Å²) in [5.74, 6) is 0. The fraction of sp³-hybridized carbons (Fsp3) is 0.143. The highest BCUT2D eigenvalue weighted by Gasteiger charge is 2.24. The Kier molecular flexibility index (Phi) is 3.50. The lowest BCUT2D eigenvalue weighted by Gasteiger charge is -2.13. The highest BCUT2D eigenvalue weighted by Crippen LogP contribution is 2.24. The molecule has 0 amide bonds. The molecule has 0 saturated heterocycles. The molecular formula is C14H15NO2S. The predicted octanol–water partition coefficient (Wildman–Crippen LogP) is 2.43. The van der Waals surface area contributed by atoms with Crippen molar-refractivity contribution >= 4 is 9.84 Å². The SMILES string of the molecule is Cc1ccc(S(=O)(=O)C(N)c2ccccc2)cc1. The molecule has 0 aliphatic rings. The van der Waals surface area contributed by atoms with Gasteiger partial charge in [-0.15, -0.1) is 0 Å². The molecule has 2 rings (SSSR count). The van der Waals surface area contributed by atoms with Crippen LogP contribution in [0.15, 0.2) is 59.5 Å². The minimum atomic E-state index is -3.53. The number of benzene rings is 2. The van der Waals surface area contributed by atoms with Gasteiger partial charge in [-0.25, -0.2) is 8.42 Å². The number of nitrogens with two attached hydrogens (primary N) is 1. The largest absolute Gasteiger partial charge is 0.311 e. The molecule has 2 aromatic rings. The number of hydrogen-bond acceptors (Lipinski definition) is 3. The zero-order valence-corrected chi connectivity index (χ0v) is 10.9. The van der Waals surface area contributed by atoms with Gasteiger partial charge in [-0.05, 0) is 24.6 Å². The van der Waals surface area contributed by atoms with Crippen LogP contribution in [-0.2, 0) is 9.84 Å². The molecule has 0 aliphatic carbocycles. The van der Waals surface area contributed by atoms with E-state index in [-0.39, 0.29) is 4.90 Å². The van der Waals surface area contributed by atoms with E-state index in [1.165, 1.54) is 0 Å². The van der Waals surface area contributed by atoms with Gasteiger partial charge in [0.15, 0.2) is 9.84 Å². The van der Waals surface area contributed by atoms with E-state index in [0.29, 0.717) is 5.56 Å². The molecule has 0 fully saturated rings. The highest BCUT2D eigenvalue weighted by molar-refractivity contribution is 7.91. The lowest BCUT2D eigenvalue weighted by molar-refractivity contribution is 0.583. The van der Waals surface area contributed by atoms with Gasteiger partial charge in [0.1, 0.15) is 5.37 Å². The van der Waals surface area contributed by atoms with Crippen molar-refractivity contribution in [2.75, 3.05) is 0 Å². The minimum Gasteiger partial charge on any atom is -0.311 e. The van der Waals surface area contributed by atoms with Crippen LogP contribution in [0, 0.1) is 6.92 Å². The van der Waals surface area contributed by atoms with Crippen molar-refractivity contribution in [2.45, 2.75) is 17.2 Å². The third-order valence-electron chi connectivity index (χ3n) is 2.81. The van der Waals surface area contributed by atoms with Crippen molar-refractivity contribution in [3.63, 3.8) is 0 Å². The molecule has 3 nitrogen and oxygen atoms in total. The second kappa shape index (κ2) is 4.92. The molecule has 4 heteroatoms. The maximum Gasteiger partial charge on any atom is 0.198 e. The summed E-state index contributed by atoms with van der Waals surface area (Å²) >= 11 is 0. The summed E-state index contributed by atoms with van der Waals surface area (Å²) in [4.78, 5) is 0.254. The van der Waals surface area contributed by atoms with Gasteiger partial charge < -0.3 is 5.73 Å². The van der Waals surface area contributed by atoms with Crippen LogP contribution in [-0.4, -0.2) is 8.42 Å². The molecule has 1 unspecified atom stereocenters. The molecule has 2 N–H and O–H groups in total. The van der Waals surface area contributed by atoms with Crippen molar-refractivity contribution in [1.29, 1.82) is 0 Å². The summed E-state index contributed by atoms with van der Waals surface area (Å²) in [6.07, 6.45) is 0. The van der Waals surface area contributed by atoms with Gasteiger partial charge in [0.25, 0.3) is 0 Å². The summed E-state index contributed by atoms with van der Waals surface area (Å²) in [5, 5.41) is -1.03. The molecule has 2 aromatic carbocycles. The lowest BCUT2D eigenvalue weighted by Crippen LogP contribution is -2.21. The van der Waals surface area contributed by atoms with E-state index in [1.807, 2.05) is 13.0 Å².